The van der Waals surface area contributed by atoms with E-state index in [0.717, 1.165) is 16.7 Å². The SMILES string of the molecule is Brc1ccc2c(c1)N[C@H](c1ccccc1)CN2. The highest BCUT2D eigenvalue weighted by atomic mass is 79.9. The highest BCUT2D eigenvalue weighted by Gasteiger charge is 2.18. The van der Waals surface area contributed by atoms with Crippen molar-refractivity contribution in [3.63, 3.8) is 0 Å². The third-order valence-electron chi connectivity index (χ3n) is 3.01. The zero-order valence-corrected chi connectivity index (χ0v) is 10.9. The summed E-state index contributed by atoms with van der Waals surface area (Å²) in [6, 6.07) is 17.1. The van der Waals surface area contributed by atoms with Crippen LogP contribution >= 0.6 is 15.9 Å². The summed E-state index contributed by atoms with van der Waals surface area (Å²) in [6.07, 6.45) is 0. The lowest BCUT2D eigenvalue weighted by Gasteiger charge is -2.28. The molecule has 3 rings (SSSR count). The zero-order valence-electron chi connectivity index (χ0n) is 9.28. The van der Waals surface area contributed by atoms with E-state index in [9.17, 15) is 0 Å². The van der Waals surface area contributed by atoms with Gasteiger partial charge in [0, 0.05) is 11.0 Å². The van der Waals surface area contributed by atoms with Crippen LogP contribution in [0.5, 0.6) is 0 Å². The highest BCUT2D eigenvalue weighted by Crippen LogP contribution is 2.33. The van der Waals surface area contributed by atoms with Gasteiger partial charge in [0.1, 0.15) is 0 Å². The van der Waals surface area contributed by atoms with Gasteiger partial charge in [-0.2, -0.15) is 0 Å². The Labute approximate surface area is 109 Å². The lowest BCUT2D eigenvalue weighted by Crippen LogP contribution is -2.25. The van der Waals surface area contributed by atoms with Crippen molar-refractivity contribution in [1.82, 2.24) is 0 Å². The molecule has 2 aromatic rings. The first-order valence-electron chi connectivity index (χ1n) is 5.68. The van der Waals surface area contributed by atoms with Gasteiger partial charge >= 0.3 is 0 Å². The average Bonchev–Trinajstić information content (AvgIpc) is 2.39. The van der Waals surface area contributed by atoms with E-state index in [1.54, 1.807) is 0 Å². The first-order chi connectivity index (χ1) is 8.33. The van der Waals surface area contributed by atoms with Crippen molar-refractivity contribution in [2.24, 2.45) is 0 Å². The van der Waals surface area contributed by atoms with E-state index in [2.05, 4.69) is 69.0 Å². The summed E-state index contributed by atoms with van der Waals surface area (Å²) in [4.78, 5) is 0. The van der Waals surface area contributed by atoms with Gasteiger partial charge in [-0.25, -0.2) is 0 Å². The maximum atomic E-state index is 3.56. The summed E-state index contributed by atoms with van der Waals surface area (Å²) in [5.41, 5.74) is 3.63. The third kappa shape index (κ3) is 2.15. The van der Waals surface area contributed by atoms with Crippen LogP contribution in [-0.4, -0.2) is 6.54 Å². The van der Waals surface area contributed by atoms with Gasteiger partial charge in [0.05, 0.1) is 17.4 Å². The minimum absolute atomic E-state index is 0.331. The largest absolute Gasteiger partial charge is 0.381 e. The molecule has 86 valence electrons. The smallest absolute Gasteiger partial charge is 0.0687 e. The minimum atomic E-state index is 0.331. The van der Waals surface area contributed by atoms with Crippen molar-refractivity contribution in [2.75, 3.05) is 17.2 Å². The molecule has 1 heterocycles. The van der Waals surface area contributed by atoms with E-state index < -0.39 is 0 Å². The first-order valence-corrected chi connectivity index (χ1v) is 6.47. The van der Waals surface area contributed by atoms with Crippen molar-refractivity contribution < 1.29 is 0 Å². The first kappa shape index (κ1) is 10.7. The summed E-state index contributed by atoms with van der Waals surface area (Å²) in [5, 5.41) is 7.02. The molecule has 0 fully saturated rings. The van der Waals surface area contributed by atoms with Crippen LogP contribution in [0.1, 0.15) is 11.6 Å². The molecule has 0 bridgehead atoms. The van der Waals surface area contributed by atoms with Crippen LogP contribution in [0, 0.1) is 0 Å². The molecule has 0 aliphatic carbocycles. The molecule has 0 radical (unpaired) electrons. The second-order valence-electron chi connectivity index (χ2n) is 4.18. The van der Waals surface area contributed by atoms with Gasteiger partial charge in [-0.15, -0.1) is 0 Å². The Kier molecular flexibility index (Phi) is 2.77. The molecule has 2 nitrogen and oxygen atoms in total. The van der Waals surface area contributed by atoms with Gasteiger partial charge in [-0.05, 0) is 23.8 Å². The molecule has 1 aliphatic heterocycles. The Balaban J connectivity index is 1.90. The molecule has 2 N–H and O–H groups in total. The number of hydrogen-bond donors (Lipinski definition) is 2. The summed E-state index contributed by atoms with van der Waals surface area (Å²) in [6.45, 7) is 0.915. The fraction of sp³-hybridized carbons (Fsp3) is 0.143. The van der Waals surface area contributed by atoms with Crippen molar-refractivity contribution >= 4 is 27.3 Å². The Morgan fingerprint density at radius 1 is 1.00 bits per heavy atom. The van der Waals surface area contributed by atoms with Crippen LogP contribution in [0.25, 0.3) is 0 Å². The summed E-state index contributed by atoms with van der Waals surface area (Å²) >= 11 is 3.50. The molecular weight excluding hydrogens is 276 g/mol. The van der Waals surface area contributed by atoms with Crippen LogP contribution in [-0.2, 0) is 0 Å². The van der Waals surface area contributed by atoms with Gasteiger partial charge in [0.15, 0.2) is 0 Å². The van der Waals surface area contributed by atoms with Crippen LogP contribution < -0.4 is 10.6 Å². The Hall–Kier alpha value is -1.48. The molecule has 0 spiro atoms. The van der Waals surface area contributed by atoms with Crippen molar-refractivity contribution in [2.45, 2.75) is 6.04 Å². The van der Waals surface area contributed by atoms with E-state index in [-0.39, 0.29) is 0 Å². The number of rotatable bonds is 1. The van der Waals surface area contributed by atoms with E-state index in [4.69, 9.17) is 0 Å². The predicted octanol–water partition coefficient (Wildman–Crippen LogP) is 4.03. The monoisotopic (exact) mass is 288 g/mol. The number of nitrogens with one attached hydrogen (secondary N) is 2. The topological polar surface area (TPSA) is 24.1 Å². The zero-order chi connectivity index (χ0) is 11.7. The predicted molar refractivity (Wildman–Crippen MR) is 75.4 cm³/mol. The lowest BCUT2D eigenvalue weighted by atomic mass is 10.0. The van der Waals surface area contributed by atoms with Gasteiger partial charge in [0.25, 0.3) is 0 Å². The van der Waals surface area contributed by atoms with Crippen molar-refractivity contribution in [1.29, 1.82) is 0 Å². The van der Waals surface area contributed by atoms with E-state index in [1.165, 1.54) is 11.3 Å². The van der Waals surface area contributed by atoms with Crippen LogP contribution in [0.4, 0.5) is 11.4 Å². The molecule has 0 saturated heterocycles. The summed E-state index contributed by atoms with van der Waals surface area (Å²) in [5.74, 6) is 0. The second-order valence-corrected chi connectivity index (χ2v) is 5.09. The average molecular weight is 289 g/mol. The molecule has 17 heavy (non-hydrogen) atoms. The molecule has 0 aromatic heterocycles. The van der Waals surface area contributed by atoms with Gasteiger partial charge in [-0.3, -0.25) is 0 Å². The highest BCUT2D eigenvalue weighted by molar-refractivity contribution is 9.10. The van der Waals surface area contributed by atoms with Crippen LogP contribution in [0.15, 0.2) is 53.0 Å². The molecule has 2 aromatic carbocycles. The Morgan fingerprint density at radius 3 is 2.65 bits per heavy atom. The standard InChI is InChI=1S/C14H13BrN2/c15-11-6-7-12-13(8-11)17-14(9-16-12)10-4-2-1-3-5-10/h1-8,14,16-17H,9H2/t14-/m0/s1. The number of hydrogen-bond acceptors (Lipinski definition) is 2. The number of fused-ring (bicyclic) bond motifs is 1. The third-order valence-corrected chi connectivity index (χ3v) is 3.50. The lowest BCUT2D eigenvalue weighted by molar-refractivity contribution is 0.803. The molecule has 1 atom stereocenters. The molecule has 0 amide bonds. The molecule has 1 aliphatic rings. The molecular formula is C14H13BrN2. The fourth-order valence-electron chi connectivity index (χ4n) is 2.13. The van der Waals surface area contributed by atoms with Gasteiger partial charge < -0.3 is 10.6 Å². The molecule has 3 heteroatoms. The van der Waals surface area contributed by atoms with Crippen molar-refractivity contribution in [3.05, 3.63) is 58.6 Å². The number of benzene rings is 2. The van der Waals surface area contributed by atoms with Gasteiger partial charge in [-0.1, -0.05) is 46.3 Å². The Bertz CT molecular complexity index is 525. The second kappa shape index (κ2) is 4.41. The van der Waals surface area contributed by atoms with E-state index in [1.807, 2.05) is 6.07 Å². The minimum Gasteiger partial charge on any atom is -0.381 e. The quantitative estimate of drug-likeness (QED) is 0.828. The normalized spacial score (nSPS) is 17.8. The maximum Gasteiger partial charge on any atom is 0.0687 e. The van der Waals surface area contributed by atoms with E-state index >= 15 is 0 Å². The van der Waals surface area contributed by atoms with E-state index in [0.29, 0.717) is 6.04 Å². The molecule has 0 unspecified atom stereocenters. The fourth-order valence-corrected chi connectivity index (χ4v) is 2.49. The summed E-state index contributed by atoms with van der Waals surface area (Å²) in [7, 11) is 0. The number of anilines is 2. The number of halogens is 1. The van der Waals surface area contributed by atoms with Gasteiger partial charge in [0.2, 0.25) is 0 Å². The van der Waals surface area contributed by atoms with Crippen molar-refractivity contribution in [3.8, 4) is 0 Å². The summed E-state index contributed by atoms with van der Waals surface area (Å²) < 4.78 is 1.10. The van der Waals surface area contributed by atoms with Crippen LogP contribution in [0.2, 0.25) is 0 Å². The van der Waals surface area contributed by atoms with Crippen LogP contribution in [0.3, 0.4) is 0 Å². The maximum absolute atomic E-state index is 3.56. The molecule has 0 saturated carbocycles. The Morgan fingerprint density at radius 2 is 1.82 bits per heavy atom.